The van der Waals surface area contributed by atoms with Crippen molar-refractivity contribution < 1.29 is 4.39 Å². The molecule has 0 aliphatic heterocycles. The summed E-state index contributed by atoms with van der Waals surface area (Å²) in [4.78, 5) is 4.21. The van der Waals surface area contributed by atoms with Crippen LogP contribution in [0.15, 0.2) is 53.5 Å². The third-order valence-corrected chi connectivity index (χ3v) is 2.64. The molecule has 5 heteroatoms. The van der Waals surface area contributed by atoms with Crippen molar-refractivity contribution in [3.05, 3.63) is 65.5 Å². The van der Waals surface area contributed by atoms with Crippen LogP contribution in [0, 0.1) is 12.7 Å². The van der Waals surface area contributed by atoms with Gasteiger partial charge in [-0.25, -0.2) is 9.38 Å². The molecule has 2 aromatic carbocycles. The molecule has 0 saturated carbocycles. The lowest BCUT2D eigenvalue weighted by molar-refractivity contribution is 0.627. The molecular formula is C15H17FIN3. The fourth-order valence-corrected chi connectivity index (χ4v) is 1.68. The average Bonchev–Trinajstić information content (AvgIpc) is 2.38. The molecule has 0 radical (unpaired) electrons. The third kappa shape index (κ3) is 5.16. The van der Waals surface area contributed by atoms with Crippen LogP contribution in [0.3, 0.4) is 0 Å². The van der Waals surface area contributed by atoms with Gasteiger partial charge in [0, 0.05) is 5.69 Å². The Bertz CT molecular complexity index is 582. The molecule has 2 rings (SSSR count). The van der Waals surface area contributed by atoms with E-state index in [1.807, 2.05) is 31.2 Å². The Kier molecular flexibility index (Phi) is 6.44. The summed E-state index contributed by atoms with van der Waals surface area (Å²) >= 11 is 0. The molecule has 0 heterocycles. The minimum Gasteiger partial charge on any atom is -0.370 e. The maximum Gasteiger partial charge on any atom is 0.193 e. The Balaban J connectivity index is 0.00000200. The lowest BCUT2D eigenvalue weighted by Crippen LogP contribution is -2.22. The molecular weight excluding hydrogens is 368 g/mol. The SMILES string of the molecule is Cc1cccc(NC(N)=NCc2ccc(F)cc2)c1.I. The molecule has 0 fully saturated rings. The van der Waals surface area contributed by atoms with E-state index in [0.717, 1.165) is 16.8 Å². The maximum atomic E-state index is 12.7. The molecule has 0 amide bonds. The summed E-state index contributed by atoms with van der Waals surface area (Å²) in [6.45, 7) is 2.43. The van der Waals surface area contributed by atoms with Crippen LogP contribution in [0.4, 0.5) is 10.1 Å². The maximum absolute atomic E-state index is 12.7. The average molecular weight is 385 g/mol. The molecule has 3 nitrogen and oxygen atoms in total. The molecule has 0 spiro atoms. The van der Waals surface area contributed by atoms with Gasteiger partial charge in [0.25, 0.3) is 0 Å². The highest BCUT2D eigenvalue weighted by Crippen LogP contribution is 2.09. The highest BCUT2D eigenvalue weighted by Gasteiger charge is 1.96. The molecule has 0 aliphatic carbocycles. The molecule has 0 atom stereocenters. The van der Waals surface area contributed by atoms with Gasteiger partial charge in [-0.1, -0.05) is 24.3 Å². The summed E-state index contributed by atoms with van der Waals surface area (Å²) in [6, 6.07) is 14.1. The second-order valence-corrected chi connectivity index (χ2v) is 4.32. The smallest absolute Gasteiger partial charge is 0.193 e. The van der Waals surface area contributed by atoms with Crippen molar-refractivity contribution in [1.29, 1.82) is 0 Å². The fraction of sp³-hybridized carbons (Fsp3) is 0.133. The third-order valence-electron chi connectivity index (χ3n) is 2.64. The monoisotopic (exact) mass is 385 g/mol. The Hall–Kier alpha value is -1.63. The van der Waals surface area contributed by atoms with E-state index >= 15 is 0 Å². The van der Waals surface area contributed by atoms with Crippen LogP contribution >= 0.6 is 24.0 Å². The van der Waals surface area contributed by atoms with E-state index in [1.54, 1.807) is 12.1 Å². The Morgan fingerprint density at radius 1 is 1.20 bits per heavy atom. The van der Waals surface area contributed by atoms with Gasteiger partial charge >= 0.3 is 0 Å². The summed E-state index contributed by atoms with van der Waals surface area (Å²) in [5, 5.41) is 3.02. The van der Waals surface area contributed by atoms with E-state index in [-0.39, 0.29) is 29.8 Å². The molecule has 0 bridgehead atoms. The van der Waals surface area contributed by atoms with E-state index in [1.165, 1.54) is 12.1 Å². The van der Waals surface area contributed by atoms with Crippen molar-refractivity contribution >= 4 is 35.6 Å². The summed E-state index contributed by atoms with van der Waals surface area (Å²) in [7, 11) is 0. The lowest BCUT2D eigenvalue weighted by atomic mass is 10.2. The van der Waals surface area contributed by atoms with Gasteiger partial charge in [0.1, 0.15) is 5.82 Å². The highest BCUT2D eigenvalue weighted by molar-refractivity contribution is 14.0. The first-order chi connectivity index (χ1) is 9.13. The van der Waals surface area contributed by atoms with E-state index in [2.05, 4.69) is 10.3 Å². The quantitative estimate of drug-likeness (QED) is 0.481. The highest BCUT2D eigenvalue weighted by atomic mass is 127. The van der Waals surface area contributed by atoms with Crippen LogP contribution in [0.25, 0.3) is 0 Å². The van der Waals surface area contributed by atoms with Crippen molar-refractivity contribution in [3.63, 3.8) is 0 Å². The van der Waals surface area contributed by atoms with Crippen molar-refractivity contribution in [3.8, 4) is 0 Å². The first-order valence-electron chi connectivity index (χ1n) is 6.01. The minimum atomic E-state index is -0.251. The van der Waals surface area contributed by atoms with Gasteiger partial charge in [-0.05, 0) is 42.3 Å². The van der Waals surface area contributed by atoms with Gasteiger partial charge < -0.3 is 11.1 Å². The van der Waals surface area contributed by atoms with Crippen LogP contribution in [0.2, 0.25) is 0 Å². The number of anilines is 1. The van der Waals surface area contributed by atoms with Gasteiger partial charge in [-0.3, -0.25) is 0 Å². The first-order valence-corrected chi connectivity index (χ1v) is 6.01. The Morgan fingerprint density at radius 3 is 2.55 bits per heavy atom. The number of nitrogens with one attached hydrogen (secondary N) is 1. The number of rotatable bonds is 3. The molecule has 3 N–H and O–H groups in total. The molecule has 0 aromatic heterocycles. The normalized spacial score (nSPS) is 10.8. The summed E-state index contributed by atoms with van der Waals surface area (Å²) in [5.74, 6) is 0.0912. The zero-order chi connectivity index (χ0) is 13.7. The van der Waals surface area contributed by atoms with Crippen molar-refractivity contribution in [1.82, 2.24) is 0 Å². The lowest BCUT2D eigenvalue weighted by Gasteiger charge is -2.06. The van der Waals surface area contributed by atoms with Crippen LogP contribution in [-0.4, -0.2) is 5.96 Å². The molecule has 20 heavy (non-hydrogen) atoms. The van der Waals surface area contributed by atoms with Crippen LogP contribution in [-0.2, 0) is 6.54 Å². The second kappa shape index (κ2) is 7.84. The number of hydrogen-bond acceptors (Lipinski definition) is 1. The number of guanidine groups is 1. The number of benzene rings is 2. The molecule has 0 saturated heterocycles. The summed E-state index contributed by atoms with van der Waals surface area (Å²) in [5.41, 5.74) is 8.76. The minimum absolute atomic E-state index is 0. The number of aryl methyl sites for hydroxylation is 1. The molecule has 106 valence electrons. The summed E-state index contributed by atoms with van der Waals surface area (Å²) in [6.07, 6.45) is 0. The van der Waals surface area contributed by atoms with Gasteiger partial charge in [0.2, 0.25) is 0 Å². The van der Waals surface area contributed by atoms with E-state index in [0.29, 0.717) is 12.5 Å². The van der Waals surface area contributed by atoms with Crippen molar-refractivity contribution in [2.75, 3.05) is 5.32 Å². The number of hydrogen-bond donors (Lipinski definition) is 2. The zero-order valence-corrected chi connectivity index (χ0v) is 13.5. The van der Waals surface area contributed by atoms with E-state index in [4.69, 9.17) is 5.73 Å². The van der Waals surface area contributed by atoms with Gasteiger partial charge in [0.05, 0.1) is 6.54 Å². The van der Waals surface area contributed by atoms with E-state index < -0.39 is 0 Å². The first kappa shape index (κ1) is 16.4. The predicted molar refractivity (Wildman–Crippen MR) is 91.9 cm³/mol. The standard InChI is InChI=1S/C15H16FN3.HI/c1-11-3-2-4-14(9-11)19-15(17)18-10-12-5-7-13(16)8-6-12;/h2-9H,10H2,1H3,(H3,17,18,19);1H. The molecule has 0 aliphatic rings. The van der Waals surface area contributed by atoms with E-state index in [9.17, 15) is 4.39 Å². The number of halogens is 2. The van der Waals surface area contributed by atoms with Crippen molar-refractivity contribution in [2.45, 2.75) is 13.5 Å². The number of nitrogens with zero attached hydrogens (tertiary/aromatic N) is 1. The van der Waals surface area contributed by atoms with Gasteiger partial charge in [0.15, 0.2) is 5.96 Å². The molecule has 2 aromatic rings. The number of nitrogens with two attached hydrogens (primary N) is 1. The summed E-state index contributed by atoms with van der Waals surface area (Å²) < 4.78 is 12.7. The topological polar surface area (TPSA) is 50.4 Å². The Morgan fingerprint density at radius 2 is 1.90 bits per heavy atom. The van der Waals surface area contributed by atoms with Crippen LogP contribution in [0.1, 0.15) is 11.1 Å². The van der Waals surface area contributed by atoms with Crippen LogP contribution < -0.4 is 11.1 Å². The van der Waals surface area contributed by atoms with Gasteiger partial charge in [-0.2, -0.15) is 0 Å². The predicted octanol–water partition coefficient (Wildman–Crippen LogP) is 3.68. The van der Waals surface area contributed by atoms with Crippen molar-refractivity contribution in [2.24, 2.45) is 10.7 Å². The van der Waals surface area contributed by atoms with Crippen LogP contribution in [0.5, 0.6) is 0 Å². The zero-order valence-electron chi connectivity index (χ0n) is 11.1. The second-order valence-electron chi connectivity index (χ2n) is 4.32. The fourth-order valence-electron chi connectivity index (χ4n) is 1.68. The number of aliphatic imine (C=N–C) groups is 1. The van der Waals surface area contributed by atoms with Gasteiger partial charge in [-0.15, -0.1) is 24.0 Å². The molecule has 0 unspecified atom stereocenters. The largest absolute Gasteiger partial charge is 0.370 e. The Labute approximate surface area is 135 Å².